The molecule has 0 bridgehead atoms. The highest BCUT2D eigenvalue weighted by Crippen LogP contribution is 2.35. The van der Waals surface area contributed by atoms with E-state index in [0.29, 0.717) is 6.61 Å². The van der Waals surface area contributed by atoms with E-state index >= 15 is 0 Å². The van der Waals surface area contributed by atoms with E-state index in [2.05, 4.69) is 20.3 Å². The molecule has 124 valence electrons. The Kier molecular flexibility index (Phi) is 5.02. The van der Waals surface area contributed by atoms with Crippen molar-refractivity contribution >= 4 is 16.5 Å². The second kappa shape index (κ2) is 7.18. The molecule has 23 heavy (non-hydrogen) atoms. The summed E-state index contributed by atoms with van der Waals surface area (Å²) in [7, 11) is 1.62. The topological polar surface area (TPSA) is 56.3 Å². The first-order chi connectivity index (χ1) is 11.2. The molecule has 0 saturated carbocycles. The largest absolute Gasteiger partial charge is 0.435 e. The van der Waals surface area contributed by atoms with Gasteiger partial charge < -0.3 is 14.8 Å². The summed E-state index contributed by atoms with van der Waals surface area (Å²) in [5, 5.41) is 13.1. The van der Waals surface area contributed by atoms with Gasteiger partial charge in [0.2, 0.25) is 5.13 Å². The van der Waals surface area contributed by atoms with Crippen LogP contribution in [0.4, 0.5) is 13.9 Å². The van der Waals surface area contributed by atoms with Gasteiger partial charge in [0.15, 0.2) is 0 Å². The number of hydrogen-bond acceptors (Lipinski definition) is 6. The highest BCUT2D eigenvalue weighted by atomic mass is 32.1. The quantitative estimate of drug-likeness (QED) is 0.867. The van der Waals surface area contributed by atoms with E-state index in [9.17, 15) is 8.78 Å². The molecule has 5 nitrogen and oxygen atoms in total. The van der Waals surface area contributed by atoms with Gasteiger partial charge in [-0.05, 0) is 42.5 Å². The van der Waals surface area contributed by atoms with E-state index in [-0.39, 0.29) is 11.8 Å². The van der Waals surface area contributed by atoms with Crippen LogP contribution in [0.3, 0.4) is 0 Å². The highest BCUT2D eigenvalue weighted by molar-refractivity contribution is 7.15. The first-order valence-electron chi connectivity index (χ1n) is 7.31. The molecule has 1 atom stereocenters. The summed E-state index contributed by atoms with van der Waals surface area (Å²) in [4.78, 5) is 0. The molecule has 0 amide bonds. The lowest BCUT2D eigenvalue weighted by Crippen LogP contribution is -2.17. The minimum atomic E-state index is -2.80. The van der Waals surface area contributed by atoms with Gasteiger partial charge in [0.05, 0.1) is 6.04 Å². The molecular weight excluding hydrogens is 324 g/mol. The van der Waals surface area contributed by atoms with E-state index in [1.165, 1.54) is 11.3 Å². The second-order valence-corrected chi connectivity index (χ2v) is 6.32. The van der Waals surface area contributed by atoms with Gasteiger partial charge in [-0.1, -0.05) is 17.4 Å². The fraction of sp³-hybridized carbons (Fsp3) is 0.467. The maximum atomic E-state index is 12.3. The van der Waals surface area contributed by atoms with Crippen LogP contribution in [0.2, 0.25) is 0 Å². The van der Waals surface area contributed by atoms with Gasteiger partial charge in [-0.15, -0.1) is 10.2 Å². The molecule has 0 fully saturated rings. The van der Waals surface area contributed by atoms with E-state index in [0.717, 1.165) is 40.5 Å². The Morgan fingerprint density at radius 1 is 1.39 bits per heavy atom. The molecular formula is C15H17F2N3O2S. The number of fused-ring (bicyclic) bond motifs is 1. The maximum absolute atomic E-state index is 12.3. The number of halogens is 2. The molecule has 0 spiro atoms. The molecule has 2 aromatic rings. The van der Waals surface area contributed by atoms with Gasteiger partial charge in [0, 0.05) is 7.11 Å². The fourth-order valence-corrected chi connectivity index (χ4v) is 3.52. The number of nitrogens with zero attached hydrogens (tertiary/aromatic N) is 2. The zero-order valence-corrected chi connectivity index (χ0v) is 13.4. The molecule has 1 aromatic heterocycles. The van der Waals surface area contributed by atoms with Crippen molar-refractivity contribution in [2.45, 2.75) is 38.5 Å². The van der Waals surface area contributed by atoms with Crippen molar-refractivity contribution in [3.63, 3.8) is 0 Å². The summed E-state index contributed by atoms with van der Waals surface area (Å²) in [6, 6.07) is 5.23. The van der Waals surface area contributed by atoms with Crippen molar-refractivity contribution < 1.29 is 18.3 Å². The van der Waals surface area contributed by atoms with Crippen LogP contribution in [-0.2, 0) is 17.8 Å². The zero-order valence-electron chi connectivity index (χ0n) is 12.6. The van der Waals surface area contributed by atoms with Crippen LogP contribution in [0, 0.1) is 0 Å². The minimum Gasteiger partial charge on any atom is -0.435 e. The van der Waals surface area contributed by atoms with Crippen LogP contribution < -0.4 is 10.1 Å². The number of hydrogen-bond donors (Lipinski definition) is 1. The average Bonchev–Trinajstić information content (AvgIpc) is 2.94. The maximum Gasteiger partial charge on any atom is 0.387 e. The number of anilines is 1. The van der Waals surface area contributed by atoms with Crippen molar-refractivity contribution in [1.29, 1.82) is 0 Å². The number of ether oxygens (including phenoxy) is 2. The number of alkyl halides is 2. The van der Waals surface area contributed by atoms with Crippen molar-refractivity contribution in [2.24, 2.45) is 0 Å². The van der Waals surface area contributed by atoms with Crippen LogP contribution in [0.1, 0.15) is 35.0 Å². The van der Waals surface area contributed by atoms with Crippen molar-refractivity contribution in [3.8, 4) is 5.75 Å². The first kappa shape index (κ1) is 16.1. The number of aryl methyl sites for hydroxylation is 1. The summed E-state index contributed by atoms with van der Waals surface area (Å²) < 4.78 is 34.2. The lowest BCUT2D eigenvalue weighted by molar-refractivity contribution is -0.0499. The molecule has 1 unspecified atom stereocenters. The lowest BCUT2D eigenvalue weighted by atomic mass is 9.87. The van der Waals surface area contributed by atoms with Crippen LogP contribution in [0.5, 0.6) is 5.75 Å². The Morgan fingerprint density at radius 3 is 3.04 bits per heavy atom. The molecule has 0 saturated heterocycles. The van der Waals surface area contributed by atoms with Gasteiger partial charge in [0.1, 0.15) is 17.4 Å². The Morgan fingerprint density at radius 2 is 2.26 bits per heavy atom. The number of rotatable bonds is 6. The molecule has 8 heteroatoms. The second-order valence-electron chi connectivity index (χ2n) is 5.26. The first-order valence-corrected chi connectivity index (χ1v) is 8.13. The Balaban J connectivity index is 1.75. The summed E-state index contributed by atoms with van der Waals surface area (Å²) in [5.74, 6) is 0.206. The summed E-state index contributed by atoms with van der Waals surface area (Å²) in [6.07, 6.45) is 2.80. The van der Waals surface area contributed by atoms with Gasteiger partial charge >= 0.3 is 6.61 Å². The summed E-state index contributed by atoms with van der Waals surface area (Å²) in [5.41, 5.74) is 2.13. The monoisotopic (exact) mass is 341 g/mol. The minimum absolute atomic E-state index is 0.0997. The van der Waals surface area contributed by atoms with Crippen LogP contribution in [0.25, 0.3) is 0 Å². The molecule has 3 rings (SSSR count). The van der Waals surface area contributed by atoms with Crippen LogP contribution >= 0.6 is 11.3 Å². The van der Waals surface area contributed by atoms with Gasteiger partial charge in [-0.25, -0.2) is 0 Å². The van der Waals surface area contributed by atoms with Crippen LogP contribution in [0.15, 0.2) is 18.2 Å². The standard InChI is InChI=1S/C15H17F2N3O2S/c1-21-8-13-19-20-15(23-13)18-12-4-2-3-9-7-10(22-14(16)17)5-6-11(9)12/h5-7,12,14H,2-4,8H2,1H3,(H,18,20). The van der Waals surface area contributed by atoms with Crippen molar-refractivity contribution in [1.82, 2.24) is 10.2 Å². The van der Waals surface area contributed by atoms with Gasteiger partial charge in [0.25, 0.3) is 0 Å². The predicted octanol–water partition coefficient (Wildman–Crippen LogP) is 3.78. The third-order valence-electron chi connectivity index (χ3n) is 3.69. The molecule has 0 aliphatic heterocycles. The Labute approximate surface area is 136 Å². The van der Waals surface area contributed by atoms with Gasteiger partial charge in [-0.2, -0.15) is 8.78 Å². The molecule has 1 heterocycles. The number of methoxy groups -OCH3 is 1. The smallest absolute Gasteiger partial charge is 0.387 e. The Bertz CT molecular complexity index is 666. The van der Waals surface area contributed by atoms with E-state index < -0.39 is 6.61 Å². The lowest BCUT2D eigenvalue weighted by Gasteiger charge is -2.26. The Hall–Kier alpha value is -1.80. The molecule has 1 aliphatic rings. The highest BCUT2D eigenvalue weighted by Gasteiger charge is 2.22. The average molecular weight is 341 g/mol. The number of nitrogens with one attached hydrogen (secondary N) is 1. The number of aromatic nitrogens is 2. The normalized spacial score (nSPS) is 17.1. The van der Waals surface area contributed by atoms with E-state index in [1.807, 2.05) is 6.07 Å². The molecule has 1 aliphatic carbocycles. The zero-order chi connectivity index (χ0) is 16.2. The van der Waals surface area contributed by atoms with Gasteiger partial charge in [-0.3, -0.25) is 0 Å². The van der Waals surface area contributed by atoms with Crippen LogP contribution in [-0.4, -0.2) is 23.9 Å². The van der Waals surface area contributed by atoms with E-state index in [1.54, 1.807) is 19.2 Å². The third-order valence-corrected chi connectivity index (χ3v) is 4.51. The molecule has 0 radical (unpaired) electrons. The molecule has 1 N–H and O–H groups in total. The third kappa shape index (κ3) is 3.94. The summed E-state index contributed by atoms with van der Waals surface area (Å²) in [6.45, 7) is -2.36. The van der Waals surface area contributed by atoms with E-state index in [4.69, 9.17) is 4.74 Å². The predicted molar refractivity (Wildman–Crippen MR) is 83.0 cm³/mol. The summed E-state index contributed by atoms with van der Waals surface area (Å²) >= 11 is 1.46. The molecule has 1 aromatic carbocycles. The fourth-order valence-electron chi connectivity index (χ4n) is 2.76. The number of benzene rings is 1. The van der Waals surface area contributed by atoms with Crippen molar-refractivity contribution in [2.75, 3.05) is 12.4 Å². The SMILES string of the molecule is COCc1nnc(NC2CCCc3cc(OC(F)F)ccc32)s1. The van der Waals surface area contributed by atoms with Crippen molar-refractivity contribution in [3.05, 3.63) is 34.3 Å².